The van der Waals surface area contributed by atoms with Crippen molar-refractivity contribution in [3.05, 3.63) is 29.3 Å². The molecule has 1 aliphatic carbocycles. The summed E-state index contributed by atoms with van der Waals surface area (Å²) < 4.78 is 5.53. The van der Waals surface area contributed by atoms with Gasteiger partial charge in [0.25, 0.3) is 0 Å². The number of aliphatic hydroxyl groups excluding tert-OH is 1. The molecular weight excluding hydrogens is 238 g/mol. The molecule has 1 aliphatic heterocycles. The maximum absolute atomic E-state index is 9.14. The van der Waals surface area contributed by atoms with Crippen LogP contribution in [0.2, 0.25) is 0 Å². The summed E-state index contributed by atoms with van der Waals surface area (Å²) in [6.07, 6.45) is 5.75. The lowest BCUT2D eigenvalue weighted by molar-refractivity contribution is 0.175. The van der Waals surface area contributed by atoms with Gasteiger partial charge in [-0.3, -0.25) is 0 Å². The molecule has 3 rings (SSSR count). The van der Waals surface area contributed by atoms with E-state index in [1.807, 2.05) is 0 Å². The third-order valence-corrected chi connectivity index (χ3v) is 4.45. The third-order valence-electron chi connectivity index (χ3n) is 4.45. The molecule has 0 unspecified atom stereocenters. The molecule has 3 nitrogen and oxygen atoms in total. The van der Waals surface area contributed by atoms with Gasteiger partial charge in [-0.05, 0) is 48.8 Å². The summed E-state index contributed by atoms with van der Waals surface area (Å²) in [5.74, 6) is 1.60. The van der Waals surface area contributed by atoms with Crippen molar-refractivity contribution in [1.82, 2.24) is 5.32 Å². The monoisotopic (exact) mass is 261 g/mol. The van der Waals surface area contributed by atoms with Gasteiger partial charge >= 0.3 is 0 Å². The van der Waals surface area contributed by atoms with Crippen LogP contribution in [0.25, 0.3) is 0 Å². The quantitative estimate of drug-likeness (QED) is 0.873. The van der Waals surface area contributed by atoms with Crippen molar-refractivity contribution in [1.29, 1.82) is 0 Å². The van der Waals surface area contributed by atoms with Crippen LogP contribution in [-0.4, -0.2) is 24.4 Å². The molecule has 3 heteroatoms. The Morgan fingerprint density at radius 2 is 2.05 bits per heavy atom. The van der Waals surface area contributed by atoms with Gasteiger partial charge in [0.15, 0.2) is 0 Å². The number of aliphatic hydroxyl groups is 1. The van der Waals surface area contributed by atoms with Gasteiger partial charge in [-0.15, -0.1) is 0 Å². The molecule has 1 fully saturated rings. The fourth-order valence-electron chi connectivity index (χ4n) is 3.16. The maximum atomic E-state index is 9.14. The molecule has 0 saturated heterocycles. The average Bonchev–Trinajstić information content (AvgIpc) is 2.93. The molecule has 0 radical (unpaired) electrons. The Bertz CT molecular complexity index is 425. The lowest BCUT2D eigenvalue weighted by atomic mass is 9.86. The molecule has 0 spiro atoms. The first kappa shape index (κ1) is 12.9. The minimum atomic E-state index is 0.359. The van der Waals surface area contributed by atoms with Crippen molar-refractivity contribution < 1.29 is 9.84 Å². The Hall–Kier alpha value is -1.06. The summed E-state index contributed by atoms with van der Waals surface area (Å²) in [6.45, 7) is 2.14. The molecule has 0 amide bonds. The van der Waals surface area contributed by atoms with Gasteiger partial charge < -0.3 is 15.2 Å². The molecule has 0 bridgehead atoms. The van der Waals surface area contributed by atoms with Crippen molar-refractivity contribution in [2.45, 2.75) is 44.7 Å². The van der Waals surface area contributed by atoms with Crippen LogP contribution in [0.5, 0.6) is 5.75 Å². The number of rotatable bonds is 4. The number of nitrogens with one attached hydrogen (secondary N) is 1. The lowest BCUT2D eigenvalue weighted by Gasteiger charge is -2.28. The molecule has 1 aromatic rings. The second kappa shape index (κ2) is 5.93. The first-order valence-electron chi connectivity index (χ1n) is 7.44. The molecule has 19 heavy (non-hydrogen) atoms. The Balaban J connectivity index is 1.50. The standard InChI is InChI=1S/C16H23NO2/c18-11-12-1-4-15(5-2-12)17-10-13-3-6-16-14(9-13)7-8-19-16/h3,6,9,12,15,17-18H,1-2,4-5,7-8,10-11H2. The molecule has 1 heterocycles. The van der Waals surface area contributed by atoms with Gasteiger partial charge in [0.1, 0.15) is 5.75 Å². The minimum Gasteiger partial charge on any atom is -0.493 e. The topological polar surface area (TPSA) is 41.5 Å². The maximum Gasteiger partial charge on any atom is 0.122 e. The van der Waals surface area contributed by atoms with Gasteiger partial charge in [-0.25, -0.2) is 0 Å². The van der Waals surface area contributed by atoms with Crippen molar-refractivity contribution in [2.75, 3.05) is 13.2 Å². The van der Waals surface area contributed by atoms with E-state index in [9.17, 15) is 0 Å². The number of ether oxygens (including phenoxy) is 1. The highest BCUT2D eigenvalue weighted by atomic mass is 16.5. The van der Waals surface area contributed by atoms with Crippen molar-refractivity contribution in [3.63, 3.8) is 0 Å². The second-order valence-corrected chi connectivity index (χ2v) is 5.82. The SMILES string of the molecule is OCC1CCC(NCc2ccc3c(c2)CCO3)CC1. The number of hydrogen-bond acceptors (Lipinski definition) is 3. The van der Waals surface area contributed by atoms with Crippen LogP contribution < -0.4 is 10.1 Å². The average molecular weight is 261 g/mol. The summed E-state index contributed by atoms with van der Waals surface area (Å²) in [5.41, 5.74) is 2.71. The summed E-state index contributed by atoms with van der Waals surface area (Å²) in [6, 6.07) is 7.15. The van der Waals surface area contributed by atoms with Crippen molar-refractivity contribution in [3.8, 4) is 5.75 Å². The molecule has 0 aromatic heterocycles. The molecule has 1 aromatic carbocycles. The lowest BCUT2D eigenvalue weighted by Crippen LogP contribution is -2.33. The zero-order valence-electron chi connectivity index (χ0n) is 11.4. The zero-order chi connectivity index (χ0) is 13.1. The van der Waals surface area contributed by atoms with Crippen LogP contribution in [0.15, 0.2) is 18.2 Å². The molecule has 104 valence electrons. The highest BCUT2D eigenvalue weighted by Gasteiger charge is 2.20. The van der Waals surface area contributed by atoms with Crippen LogP contribution in [0.1, 0.15) is 36.8 Å². The van der Waals surface area contributed by atoms with Crippen LogP contribution in [0.4, 0.5) is 0 Å². The zero-order valence-corrected chi connectivity index (χ0v) is 11.4. The molecular formula is C16H23NO2. The third kappa shape index (κ3) is 3.10. The summed E-state index contributed by atoms with van der Waals surface area (Å²) in [4.78, 5) is 0. The van der Waals surface area contributed by atoms with E-state index in [4.69, 9.17) is 9.84 Å². The largest absolute Gasteiger partial charge is 0.493 e. The fourth-order valence-corrected chi connectivity index (χ4v) is 3.16. The van der Waals surface area contributed by atoms with E-state index in [0.717, 1.165) is 38.2 Å². The molecule has 2 aliphatic rings. The normalized spacial score (nSPS) is 25.9. The predicted octanol–water partition coefficient (Wildman–Crippen LogP) is 2.26. The highest BCUT2D eigenvalue weighted by Crippen LogP contribution is 2.27. The van der Waals surface area contributed by atoms with Gasteiger partial charge in [-0.1, -0.05) is 12.1 Å². The second-order valence-electron chi connectivity index (χ2n) is 5.82. The van der Waals surface area contributed by atoms with E-state index in [0.29, 0.717) is 18.6 Å². The summed E-state index contributed by atoms with van der Waals surface area (Å²) in [5, 5.41) is 12.8. The van der Waals surface area contributed by atoms with Crippen LogP contribution in [0, 0.1) is 5.92 Å². The molecule has 2 N–H and O–H groups in total. The smallest absolute Gasteiger partial charge is 0.122 e. The fraction of sp³-hybridized carbons (Fsp3) is 0.625. The van der Waals surface area contributed by atoms with Gasteiger partial charge in [0.2, 0.25) is 0 Å². The molecule has 0 atom stereocenters. The van der Waals surface area contributed by atoms with Crippen LogP contribution in [0.3, 0.4) is 0 Å². The van der Waals surface area contributed by atoms with E-state index in [1.54, 1.807) is 0 Å². The summed E-state index contributed by atoms with van der Waals surface area (Å²) in [7, 11) is 0. The van der Waals surface area contributed by atoms with Gasteiger partial charge in [-0.2, -0.15) is 0 Å². The Kier molecular flexibility index (Phi) is 4.04. The first-order valence-corrected chi connectivity index (χ1v) is 7.44. The van der Waals surface area contributed by atoms with Gasteiger partial charge in [0.05, 0.1) is 6.61 Å². The highest BCUT2D eigenvalue weighted by molar-refractivity contribution is 5.39. The number of fused-ring (bicyclic) bond motifs is 1. The Morgan fingerprint density at radius 1 is 1.21 bits per heavy atom. The van der Waals surface area contributed by atoms with Crippen molar-refractivity contribution in [2.24, 2.45) is 5.92 Å². The predicted molar refractivity (Wildman–Crippen MR) is 75.3 cm³/mol. The van der Waals surface area contributed by atoms with Crippen LogP contribution >= 0.6 is 0 Å². The van der Waals surface area contributed by atoms with Gasteiger partial charge in [0, 0.05) is 25.6 Å². The van der Waals surface area contributed by atoms with E-state index >= 15 is 0 Å². The first-order chi connectivity index (χ1) is 9.35. The van der Waals surface area contributed by atoms with E-state index in [-0.39, 0.29) is 0 Å². The Morgan fingerprint density at radius 3 is 2.84 bits per heavy atom. The summed E-state index contributed by atoms with van der Waals surface area (Å²) >= 11 is 0. The minimum absolute atomic E-state index is 0.359. The number of benzene rings is 1. The van der Waals surface area contributed by atoms with E-state index < -0.39 is 0 Å². The molecule has 1 saturated carbocycles. The van der Waals surface area contributed by atoms with E-state index in [1.165, 1.54) is 24.0 Å². The van der Waals surface area contributed by atoms with E-state index in [2.05, 4.69) is 23.5 Å². The Labute approximate surface area is 115 Å². The van der Waals surface area contributed by atoms with Crippen molar-refractivity contribution >= 4 is 0 Å². The van der Waals surface area contributed by atoms with Crippen LogP contribution in [-0.2, 0) is 13.0 Å². The number of hydrogen-bond donors (Lipinski definition) is 2.